The fraction of sp³-hybridized carbons (Fsp3) is 0.474. The van der Waals surface area contributed by atoms with Crippen molar-refractivity contribution in [2.75, 3.05) is 4.90 Å². The van der Waals surface area contributed by atoms with Crippen LogP contribution in [0.25, 0.3) is 0 Å². The molecule has 0 N–H and O–H groups in total. The second-order valence-corrected chi connectivity index (χ2v) is 7.41. The molecule has 1 saturated heterocycles. The van der Waals surface area contributed by atoms with E-state index in [-0.39, 0.29) is 23.7 Å². The molecule has 1 aromatic rings. The second kappa shape index (κ2) is 3.89. The zero-order chi connectivity index (χ0) is 15.2. The maximum atomic E-state index is 13.1. The molecule has 3 nitrogen and oxygen atoms in total. The summed E-state index contributed by atoms with van der Waals surface area (Å²) in [5.74, 6) is 1.78. The zero-order valence-electron chi connectivity index (χ0n) is 12.8. The van der Waals surface area contributed by atoms with Crippen LogP contribution in [0.15, 0.2) is 30.4 Å². The first-order chi connectivity index (χ1) is 10.6. The molecule has 0 spiro atoms. The van der Waals surface area contributed by atoms with Crippen LogP contribution in [0.5, 0.6) is 0 Å². The van der Waals surface area contributed by atoms with Gasteiger partial charge in [0.1, 0.15) is 0 Å². The molecule has 0 radical (unpaired) electrons. The summed E-state index contributed by atoms with van der Waals surface area (Å²) in [4.78, 5) is 27.7. The SMILES string of the molecule is Cc1cccc(C)c1N1C(=O)[C@H]2[C@@H]3C=C[C@@H]([C@H]4C[C@H]34)[C@@H]2C1=O. The molecule has 5 aliphatic rings. The number of imide groups is 1. The Bertz CT molecular complexity index is 694. The largest absolute Gasteiger partial charge is 0.274 e. The monoisotopic (exact) mass is 293 g/mol. The molecule has 4 aliphatic carbocycles. The van der Waals surface area contributed by atoms with Gasteiger partial charge in [0.25, 0.3) is 0 Å². The van der Waals surface area contributed by atoms with Crippen LogP contribution < -0.4 is 4.90 Å². The van der Waals surface area contributed by atoms with Gasteiger partial charge in [-0.15, -0.1) is 0 Å². The Morgan fingerprint density at radius 1 is 0.909 bits per heavy atom. The molecule has 0 unspecified atom stereocenters. The number of hydrogen-bond acceptors (Lipinski definition) is 2. The molecule has 0 aromatic heterocycles. The summed E-state index contributed by atoms with van der Waals surface area (Å²) in [5, 5.41) is 0. The van der Waals surface area contributed by atoms with Crippen LogP contribution in [-0.2, 0) is 9.59 Å². The van der Waals surface area contributed by atoms with Gasteiger partial charge in [0.2, 0.25) is 11.8 Å². The van der Waals surface area contributed by atoms with E-state index in [9.17, 15) is 9.59 Å². The lowest BCUT2D eigenvalue weighted by molar-refractivity contribution is -0.124. The lowest BCUT2D eigenvalue weighted by atomic mass is 9.63. The number of nitrogens with zero attached hydrogens (tertiary/aromatic N) is 1. The van der Waals surface area contributed by atoms with E-state index >= 15 is 0 Å². The van der Waals surface area contributed by atoms with Crippen molar-refractivity contribution in [3.05, 3.63) is 41.5 Å². The highest BCUT2D eigenvalue weighted by Gasteiger charge is 2.67. The van der Waals surface area contributed by atoms with E-state index in [2.05, 4.69) is 12.2 Å². The summed E-state index contributed by atoms with van der Waals surface area (Å²) in [7, 11) is 0. The van der Waals surface area contributed by atoms with Crippen molar-refractivity contribution < 1.29 is 9.59 Å². The van der Waals surface area contributed by atoms with Gasteiger partial charge in [-0.1, -0.05) is 30.4 Å². The number of hydrogen-bond donors (Lipinski definition) is 0. The minimum atomic E-state index is -0.106. The number of anilines is 1. The fourth-order valence-electron chi connectivity index (χ4n) is 5.34. The molecule has 1 heterocycles. The van der Waals surface area contributed by atoms with Gasteiger partial charge in [-0.2, -0.15) is 0 Å². The molecule has 22 heavy (non-hydrogen) atoms. The molecule has 3 fully saturated rings. The van der Waals surface area contributed by atoms with E-state index in [0.29, 0.717) is 23.7 Å². The number of allylic oxidation sites excluding steroid dienone is 2. The molecule has 2 amide bonds. The summed E-state index contributed by atoms with van der Waals surface area (Å²) < 4.78 is 0. The number of para-hydroxylation sites is 1. The Balaban J connectivity index is 1.64. The normalized spacial score (nSPS) is 40.9. The van der Waals surface area contributed by atoms with Crippen molar-refractivity contribution in [3.8, 4) is 0 Å². The smallest absolute Gasteiger partial charge is 0.238 e. The molecule has 1 aliphatic heterocycles. The summed E-state index contributed by atoms with van der Waals surface area (Å²) >= 11 is 0. The maximum absolute atomic E-state index is 13.1. The molecular weight excluding hydrogens is 274 g/mol. The maximum Gasteiger partial charge on any atom is 0.238 e. The first-order valence-electron chi connectivity index (χ1n) is 8.22. The third kappa shape index (κ3) is 1.33. The molecule has 2 saturated carbocycles. The first-order valence-corrected chi connectivity index (χ1v) is 8.22. The lowest BCUT2D eigenvalue weighted by Gasteiger charge is -2.37. The number of amides is 2. The lowest BCUT2D eigenvalue weighted by Crippen LogP contribution is -2.40. The number of benzene rings is 1. The molecule has 3 heteroatoms. The topological polar surface area (TPSA) is 37.4 Å². The molecule has 2 bridgehead atoms. The van der Waals surface area contributed by atoms with Crippen molar-refractivity contribution in [2.24, 2.45) is 35.5 Å². The van der Waals surface area contributed by atoms with Crippen molar-refractivity contribution in [2.45, 2.75) is 20.3 Å². The van der Waals surface area contributed by atoms with Gasteiger partial charge in [-0.25, -0.2) is 4.90 Å². The van der Waals surface area contributed by atoms with Gasteiger partial charge in [0.15, 0.2) is 0 Å². The van der Waals surface area contributed by atoms with E-state index in [4.69, 9.17) is 0 Å². The van der Waals surface area contributed by atoms with Crippen molar-refractivity contribution in [1.29, 1.82) is 0 Å². The van der Waals surface area contributed by atoms with Crippen LogP contribution in [0, 0.1) is 49.4 Å². The average molecular weight is 293 g/mol. The van der Waals surface area contributed by atoms with Crippen molar-refractivity contribution in [3.63, 3.8) is 0 Å². The molecule has 6 rings (SSSR count). The van der Waals surface area contributed by atoms with Crippen LogP contribution in [0.3, 0.4) is 0 Å². The van der Waals surface area contributed by atoms with Crippen molar-refractivity contribution >= 4 is 17.5 Å². The van der Waals surface area contributed by atoms with Crippen LogP contribution in [-0.4, -0.2) is 11.8 Å². The van der Waals surface area contributed by atoms with E-state index in [1.165, 1.54) is 11.3 Å². The number of carbonyl (C=O) groups excluding carboxylic acids is 2. The number of carbonyl (C=O) groups is 2. The predicted octanol–water partition coefficient (Wildman–Crippen LogP) is 2.86. The van der Waals surface area contributed by atoms with Gasteiger partial charge in [0, 0.05) is 0 Å². The quantitative estimate of drug-likeness (QED) is 0.590. The highest BCUT2D eigenvalue weighted by molar-refractivity contribution is 6.23. The van der Waals surface area contributed by atoms with Gasteiger partial charge >= 0.3 is 0 Å². The summed E-state index contributed by atoms with van der Waals surface area (Å²) in [6, 6.07) is 5.94. The Hall–Kier alpha value is -1.90. The predicted molar refractivity (Wildman–Crippen MR) is 83.1 cm³/mol. The zero-order valence-corrected chi connectivity index (χ0v) is 12.8. The molecular formula is C19H19NO2. The van der Waals surface area contributed by atoms with Gasteiger partial charge < -0.3 is 0 Å². The van der Waals surface area contributed by atoms with Gasteiger partial charge in [-0.05, 0) is 55.1 Å². The Morgan fingerprint density at radius 3 is 1.91 bits per heavy atom. The third-order valence-electron chi connectivity index (χ3n) is 6.33. The fourth-order valence-corrected chi connectivity index (χ4v) is 5.34. The molecule has 112 valence electrons. The Morgan fingerprint density at radius 2 is 1.41 bits per heavy atom. The number of aryl methyl sites for hydroxylation is 2. The van der Waals surface area contributed by atoms with Gasteiger partial charge in [0.05, 0.1) is 17.5 Å². The minimum Gasteiger partial charge on any atom is -0.274 e. The highest BCUT2D eigenvalue weighted by atomic mass is 16.2. The van der Waals surface area contributed by atoms with E-state index in [0.717, 1.165) is 16.8 Å². The van der Waals surface area contributed by atoms with E-state index in [1.807, 2.05) is 32.0 Å². The van der Waals surface area contributed by atoms with Crippen LogP contribution in [0.4, 0.5) is 5.69 Å². The molecule has 1 aromatic carbocycles. The standard InChI is InChI=1S/C19H19NO2/c1-9-4-3-5-10(2)17(9)20-18(21)15-11-6-7-12(14-8-13(11)14)16(15)19(20)22/h3-7,11-16H,8H2,1-2H3/t11-,12+,13-,14-,15+,16+/m1/s1. The third-order valence-corrected chi connectivity index (χ3v) is 6.33. The average Bonchev–Trinajstić information content (AvgIpc) is 3.27. The molecule has 6 atom stereocenters. The van der Waals surface area contributed by atoms with E-state index in [1.54, 1.807) is 0 Å². The van der Waals surface area contributed by atoms with E-state index < -0.39 is 0 Å². The summed E-state index contributed by atoms with van der Waals surface area (Å²) in [5.41, 5.74) is 2.83. The Labute approximate surface area is 130 Å². The van der Waals surface area contributed by atoms with Crippen molar-refractivity contribution in [1.82, 2.24) is 0 Å². The van der Waals surface area contributed by atoms with Crippen LogP contribution in [0.1, 0.15) is 17.5 Å². The summed E-state index contributed by atoms with van der Waals surface area (Å²) in [6.45, 7) is 3.96. The number of rotatable bonds is 1. The highest BCUT2D eigenvalue weighted by Crippen LogP contribution is 2.65. The minimum absolute atomic E-state index is 0.0390. The first kappa shape index (κ1) is 12.6. The summed E-state index contributed by atoms with van der Waals surface area (Å²) in [6.07, 6.45) is 5.65. The second-order valence-electron chi connectivity index (χ2n) is 7.41. The van der Waals surface area contributed by atoms with Gasteiger partial charge in [-0.3, -0.25) is 9.59 Å². The van der Waals surface area contributed by atoms with Crippen LogP contribution in [0.2, 0.25) is 0 Å². The Kier molecular flexibility index (Phi) is 2.23. The van der Waals surface area contributed by atoms with Crippen LogP contribution >= 0.6 is 0 Å².